The lowest BCUT2D eigenvalue weighted by Gasteiger charge is -2.33. The van der Waals surface area contributed by atoms with Crippen LogP contribution in [0.15, 0.2) is 78.9 Å². The van der Waals surface area contributed by atoms with E-state index in [0.717, 1.165) is 6.42 Å². The van der Waals surface area contributed by atoms with Crippen molar-refractivity contribution in [3.8, 4) is 5.69 Å². The summed E-state index contributed by atoms with van der Waals surface area (Å²) in [5, 5.41) is 2.74. The molecule has 1 aromatic heterocycles. The molecule has 28 heavy (non-hydrogen) atoms. The molecule has 0 saturated carbocycles. The van der Waals surface area contributed by atoms with Crippen LogP contribution in [-0.2, 0) is 6.42 Å². The molecule has 2 heteroatoms. The number of hydrogen-bond acceptors (Lipinski definition) is 0. The van der Waals surface area contributed by atoms with Crippen LogP contribution in [0.1, 0.15) is 16.7 Å². The molecular formula is C26H18BN. The van der Waals surface area contributed by atoms with Crippen molar-refractivity contribution in [1.29, 1.82) is 0 Å². The summed E-state index contributed by atoms with van der Waals surface area (Å²) >= 11 is 0. The molecular weight excluding hydrogens is 337 g/mol. The van der Waals surface area contributed by atoms with Gasteiger partial charge >= 0.3 is 0 Å². The lowest BCUT2D eigenvalue weighted by molar-refractivity contribution is 1.16. The molecule has 2 aliphatic heterocycles. The maximum Gasteiger partial charge on any atom is 0.247 e. The van der Waals surface area contributed by atoms with Gasteiger partial charge in [-0.05, 0) is 53.1 Å². The van der Waals surface area contributed by atoms with Crippen LogP contribution in [0.4, 0.5) is 0 Å². The lowest BCUT2D eigenvalue weighted by atomic mass is 9.32. The first-order valence-electron chi connectivity index (χ1n) is 10.0. The molecule has 0 bridgehead atoms. The van der Waals surface area contributed by atoms with Crippen LogP contribution in [0.25, 0.3) is 27.5 Å². The highest BCUT2D eigenvalue weighted by molar-refractivity contribution is 6.98. The average Bonchev–Trinajstić information content (AvgIpc) is 3.06. The van der Waals surface area contributed by atoms with E-state index in [1.165, 1.54) is 60.6 Å². The minimum absolute atomic E-state index is 0.331. The van der Waals surface area contributed by atoms with E-state index in [2.05, 4.69) is 90.4 Å². The van der Waals surface area contributed by atoms with Crippen molar-refractivity contribution in [2.45, 2.75) is 13.3 Å². The Bertz CT molecular complexity index is 1460. The summed E-state index contributed by atoms with van der Waals surface area (Å²) in [6.45, 7) is 2.52. The quantitative estimate of drug-likeness (QED) is 0.365. The van der Waals surface area contributed by atoms with Gasteiger partial charge in [-0.15, -0.1) is 0 Å². The molecule has 3 heterocycles. The van der Waals surface area contributed by atoms with Crippen LogP contribution in [0.2, 0.25) is 0 Å². The molecule has 0 radical (unpaired) electrons. The first-order chi connectivity index (χ1) is 13.8. The Morgan fingerprint density at radius 1 is 0.750 bits per heavy atom. The Hall–Kier alpha value is -3.26. The first-order valence-corrected chi connectivity index (χ1v) is 10.0. The second-order valence-corrected chi connectivity index (χ2v) is 8.26. The zero-order valence-corrected chi connectivity index (χ0v) is 15.7. The summed E-state index contributed by atoms with van der Waals surface area (Å²) in [7, 11) is 0. The van der Waals surface area contributed by atoms with E-state index in [4.69, 9.17) is 0 Å². The van der Waals surface area contributed by atoms with E-state index < -0.39 is 0 Å². The van der Waals surface area contributed by atoms with E-state index in [1.807, 2.05) is 0 Å². The molecule has 5 aromatic rings. The maximum absolute atomic E-state index is 2.52. The number of hydrogen-bond donors (Lipinski definition) is 0. The van der Waals surface area contributed by atoms with Crippen LogP contribution >= 0.6 is 0 Å². The third-order valence-electron chi connectivity index (χ3n) is 6.74. The van der Waals surface area contributed by atoms with Crippen molar-refractivity contribution in [2.75, 3.05) is 0 Å². The highest BCUT2D eigenvalue weighted by atomic mass is 15.0. The van der Waals surface area contributed by atoms with Crippen LogP contribution < -0.4 is 16.4 Å². The molecule has 0 aliphatic carbocycles. The monoisotopic (exact) mass is 355 g/mol. The summed E-state index contributed by atoms with van der Waals surface area (Å²) in [5.74, 6) is 0. The van der Waals surface area contributed by atoms with Crippen molar-refractivity contribution in [2.24, 2.45) is 0 Å². The zero-order chi connectivity index (χ0) is 18.4. The summed E-state index contributed by atoms with van der Waals surface area (Å²) in [6, 6.07) is 29.6. The fourth-order valence-corrected chi connectivity index (χ4v) is 5.61. The zero-order valence-electron chi connectivity index (χ0n) is 15.7. The number of nitrogens with zero attached hydrogens (tertiary/aromatic N) is 1. The molecule has 4 aromatic carbocycles. The number of benzene rings is 4. The lowest BCUT2D eigenvalue weighted by Crippen LogP contribution is -2.60. The number of rotatable bonds is 0. The van der Waals surface area contributed by atoms with Gasteiger partial charge in [0.05, 0.1) is 5.52 Å². The van der Waals surface area contributed by atoms with Crippen molar-refractivity contribution in [3.63, 3.8) is 0 Å². The van der Waals surface area contributed by atoms with Gasteiger partial charge in [0.15, 0.2) is 0 Å². The second kappa shape index (κ2) is 4.96. The van der Waals surface area contributed by atoms with Crippen molar-refractivity contribution < 1.29 is 0 Å². The second-order valence-electron chi connectivity index (χ2n) is 8.26. The molecule has 0 saturated heterocycles. The first kappa shape index (κ1) is 14.8. The van der Waals surface area contributed by atoms with Gasteiger partial charge in [0.2, 0.25) is 6.71 Å². The predicted molar refractivity (Wildman–Crippen MR) is 119 cm³/mol. The number of aryl methyl sites for hydroxylation is 1. The standard InChI is InChI=1S/C26H18BN/c1-16-10-12-19-20-13-11-18-15-17-6-2-3-7-21(17)27-22-8-4-5-9-23(22)28(24(19)14-16)26(20)25(18)27/h2-14H,15H2,1H3. The number of fused-ring (bicyclic) bond motifs is 8. The third-order valence-corrected chi connectivity index (χ3v) is 6.74. The van der Waals surface area contributed by atoms with E-state index in [1.54, 1.807) is 0 Å². The van der Waals surface area contributed by atoms with E-state index in [-0.39, 0.29) is 0 Å². The van der Waals surface area contributed by atoms with Crippen molar-refractivity contribution in [3.05, 3.63) is 95.6 Å². The van der Waals surface area contributed by atoms with Gasteiger partial charge in [0, 0.05) is 22.0 Å². The van der Waals surface area contributed by atoms with Gasteiger partial charge in [-0.2, -0.15) is 0 Å². The Kier molecular flexibility index (Phi) is 2.62. The minimum Gasteiger partial charge on any atom is -0.310 e. The van der Waals surface area contributed by atoms with Crippen molar-refractivity contribution in [1.82, 2.24) is 4.57 Å². The van der Waals surface area contributed by atoms with Gasteiger partial charge in [-0.25, -0.2) is 0 Å². The average molecular weight is 355 g/mol. The number of para-hydroxylation sites is 1. The van der Waals surface area contributed by atoms with Crippen molar-refractivity contribution >= 4 is 44.9 Å². The summed E-state index contributed by atoms with van der Waals surface area (Å²) in [6.07, 6.45) is 1.03. The SMILES string of the molecule is Cc1ccc2c3ccc4c5c3n(c2c1)-c1ccccc1B5c1ccccc1C4. The molecule has 0 unspecified atom stereocenters. The molecule has 0 amide bonds. The van der Waals surface area contributed by atoms with Gasteiger partial charge in [0.25, 0.3) is 0 Å². The van der Waals surface area contributed by atoms with Crippen LogP contribution in [0, 0.1) is 6.92 Å². The molecule has 7 rings (SSSR count). The summed E-state index contributed by atoms with van der Waals surface area (Å²) in [4.78, 5) is 0. The molecule has 0 atom stereocenters. The topological polar surface area (TPSA) is 4.93 Å². The fraction of sp³-hybridized carbons (Fsp3) is 0.0769. The smallest absolute Gasteiger partial charge is 0.247 e. The van der Waals surface area contributed by atoms with E-state index in [9.17, 15) is 0 Å². The van der Waals surface area contributed by atoms with Gasteiger partial charge in [-0.3, -0.25) is 0 Å². The Balaban J connectivity index is 1.76. The Morgan fingerprint density at radius 2 is 1.54 bits per heavy atom. The number of aromatic nitrogens is 1. The summed E-state index contributed by atoms with van der Waals surface area (Å²) < 4.78 is 2.52. The Morgan fingerprint density at radius 3 is 2.46 bits per heavy atom. The van der Waals surface area contributed by atoms with Crippen LogP contribution in [0.3, 0.4) is 0 Å². The van der Waals surface area contributed by atoms with Gasteiger partial charge < -0.3 is 4.57 Å². The molecule has 2 aliphatic rings. The predicted octanol–water partition coefficient (Wildman–Crippen LogP) is 3.83. The molecule has 1 nitrogen and oxygen atoms in total. The van der Waals surface area contributed by atoms with Crippen LogP contribution in [0.5, 0.6) is 0 Å². The molecule has 0 N–H and O–H groups in total. The molecule has 130 valence electrons. The highest BCUT2D eigenvalue weighted by Gasteiger charge is 2.38. The van der Waals surface area contributed by atoms with Gasteiger partial charge in [-0.1, -0.05) is 72.2 Å². The maximum atomic E-state index is 2.52. The Labute approximate surface area is 164 Å². The third kappa shape index (κ3) is 1.65. The fourth-order valence-electron chi connectivity index (χ4n) is 5.61. The van der Waals surface area contributed by atoms with Gasteiger partial charge in [0.1, 0.15) is 0 Å². The van der Waals surface area contributed by atoms with E-state index >= 15 is 0 Å². The van der Waals surface area contributed by atoms with E-state index in [0.29, 0.717) is 6.71 Å². The highest BCUT2D eigenvalue weighted by Crippen LogP contribution is 2.35. The normalized spacial score (nSPS) is 13.7. The molecule has 0 fully saturated rings. The largest absolute Gasteiger partial charge is 0.310 e. The summed E-state index contributed by atoms with van der Waals surface area (Å²) in [5.41, 5.74) is 12.7. The van der Waals surface area contributed by atoms with Crippen LogP contribution in [-0.4, -0.2) is 11.3 Å². The minimum atomic E-state index is 0.331. The molecule has 0 spiro atoms.